The molecule has 6 aromatic rings. The van der Waals surface area contributed by atoms with Crippen molar-refractivity contribution in [3.8, 4) is 11.4 Å². The van der Waals surface area contributed by atoms with Crippen molar-refractivity contribution in [3.05, 3.63) is 179 Å². The van der Waals surface area contributed by atoms with Crippen LogP contribution in [0.3, 0.4) is 0 Å². The quantitative estimate of drug-likeness (QED) is 0.0424. The zero-order valence-electron chi connectivity index (χ0n) is 56.6. The average molecular weight is 2440 g/mol. The molecule has 112 heavy (non-hydrogen) atoms. The van der Waals surface area contributed by atoms with Crippen molar-refractivity contribution >= 4 is 90.4 Å². The average Bonchev–Trinajstić information content (AvgIpc) is 0.899. The molecule has 0 spiro atoms. The second-order valence-electron chi connectivity index (χ2n) is 23.5. The normalized spacial score (nSPS) is 14.1. The zero-order chi connectivity index (χ0) is 86.2. The van der Waals surface area contributed by atoms with Gasteiger partial charge in [-0.05, 0) is 75.9 Å². The summed E-state index contributed by atoms with van der Waals surface area (Å²) < 4.78 is 310. The molecule has 47 heteroatoms. The molecule has 0 unspecified atom stereocenters. The van der Waals surface area contributed by atoms with Crippen LogP contribution in [0.4, 0.5) is 105 Å². The molecule has 0 saturated carbocycles. The molecular formula is C65H51At3F24I2N8O10. The van der Waals surface area contributed by atoms with Gasteiger partial charge in [0.25, 0.3) is 23.0 Å². The minimum atomic E-state index is -6.03. The third kappa shape index (κ3) is 23.2. The van der Waals surface area contributed by atoms with Crippen molar-refractivity contribution in [3.63, 3.8) is 0 Å². The van der Waals surface area contributed by atoms with E-state index in [0.717, 1.165) is 73.7 Å². The van der Waals surface area contributed by atoms with E-state index in [9.17, 15) is 155 Å². The second kappa shape index (κ2) is 37.5. The molecule has 6 amide bonds. The SMILES string of the molecule is CN(Cc1ccc([125I])c(C(O)(C(F)(F)F)C(F)(F)F)c1)C(=O)CCN1C(=O)C=CC1=O.CN(Cc1ccc([211At])c(C(O)(C(F)(F)F)C(F)(F)F)c1)C(=O)CCN1C(=O)C=CC1=O.Cc1ccc([125I])c(C(O)(C(F)(F)F)C(F)(F)F)c1.Cc1ccc([211At])c(C(O)(C(F)(F)F)C(F)(F)F)c1.Cc1nnc(-c2ccc([211At])cc2)nn1. The van der Waals surface area contributed by atoms with Gasteiger partial charge in [-0.25, -0.2) is 0 Å². The van der Waals surface area contributed by atoms with E-state index in [-0.39, 0.29) is 71.4 Å². The molecule has 8 rings (SSSR count). The maximum absolute atomic E-state index is 13.2. The summed E-state index contributed by atoms with van der Waals surface area (Å²) in [5.41, 5.74) is -23.8. The number of halogens is 26. The van der Waals surface area contributed by atoms with Crippen molar-refractivity contribution < 1.29 is 229 Å². The summed E-state index contributed by atoms with van der Waals surface area (Å²) >= 11 is 5.37. The number of rotatable bonds is 15. The molecule has 0 atom stereocenters. The number of hydrogen-bond acceptors (Lipinski definition) is 14. The van der Waals surface area contributed by atoms with Gasteiger partial charge in [0.1, 0.15) is 0 Å². The van der Waals surface area contributed by atoms with E-state index in [1.807, 2.05) is 24.3 Å². The number of imide groups is 2. The predicted molar refractivity (Wildman–Crippen MR) is 345 cm³/mol. The van der Waals surface area contributed by atoms with Gasteiger partial charge < -0.3 is 15.1 Å². The Morgan fingerprint density at radius 1 is 0.393 bits per heavy atom. The Hall–Kier alpha value is -5.99. The summed E-state index contributed by atoms with van der Waals surface area (Å²) in [6.45, 7) is 3.28. The van der Waals surface area contributed by atoms with Crippen LogP contribution in [-0.2, 0) is 64.3 Å². The van der Waals surface area contributed by atoms with E-state index in [1.165, 1.54) is 101 Å². The van der Waals surface area contributed by atoms with Gasteiger partial charge in [-0.3, -0.25) is 19.3 Å². The van der Waals surface area contributed by atoms with E-state index >= 15 is 0 Å². The Balaban J connectivity index is 0.000000305. The van der Waals surface area contributed by atoms with Crippen LogP contribution in [0.25, 0.3) is 11.4 Å². The molecule has 2 aliphatic heterocycles. The Bertz CT molecular complexity index is 4100. The van der Waals surface area contributed by atoms with Gasteiger partial charge >= 0.3 is 422 Å². The van der Waals surface area contributed by atoms with Gasteiger partial charge in [-0.2, -0.15) is 52.7 Å². The molecule has 0 radical (unpaired) electrons. The van der Waals surface area contributed by atoms with Crippen molar-refractivity contribution in [1.82, 2.24) is 40.0 Å². The van der Waals surface area contributed by atoms with E-state index in [2.05, 4.69) is 20.4 Å². The summed E-state index contributed by atoms with van der Waals surface area (Å²) in [7, 11) is 2.52. The molecule has 0 saturated heterocycles. The van der Waals surface area contributed by atoms with Crippen LogP contribution in [0, 0.1) is 102 Å². The van der Waals surface area contributed by atoms with Gasteiger partial charge in [-0.1, -0.05) is 23.8 Å². The van der Waals surface area contributed by atoms with Crippen molar-refractivity contribution in [2.24, 2.45) is 0 Å². The number of hydrogen-bond donors (Lipinski definition) is 4. The van der Waals surface area contributed by atoms with Crippen molar-refractivity contribution in [2.75, 3.05) is 27.2 Å². The van der Waals surface area contributed by atoms with Gasteiger partial charge in [-0.15, -0.1) is 0 Å². The van der Waals surface area contributed by atoms with Crippen LogP contribution in [0.2, 0.25) is 0 Å². The Kier molecular flexibility index (Phi) is 33.0. The van der Waals surface area contributed by atoms with E-state index in [1.54, 1.807) is 31.6 Å². The summed E-state index contributed by atoms with van der Waals surface area (Å²) in [4.78, 5) is 74.0. The molecular weight excluding hydrogens is 2390 g/mol. The summed E-state index contributed by atoms with van der Waals surface area (Å²) in [6, 6.07) is 19.9. The monoisotopic (exact) mass is 2440 g/mol. The van der Waals surface area contributed by atoms with Crippen LogP contribution in [0.15, 0.2) is 121 Å². The first-order valence-corrected chi connectivity index (χ1v) is 36.7. The number of carbonyl (C=O) groups is 6. The number of alkyl halides is 24. The summed E-state index contributed by atoms with van der Waals surface area (Å²) in [5, 5.41) is 53.4. The Morgan fingerprint density at radius 2 is 0.661 bits per heavy atom. The minimum absolute atomic E-state index is 0.0760. The summed E-state index contributed by atoms with van der Waals surface area (Å²) in [6.07, 6.45) is -43.9. The van der Waals surface area contributed by atoms with Gasteiger partial charge in [0.2, 0.25) is 5.91 Å². The fourth-order valence-corrected chi connectivity index (χ4v) is 13.3. The fourth-order valence-electron chi connectivity index (χ4n) is 9.41. The van der Waals surface area contributed by atoms with Gasteiger partial charge in [0.15, 0.2) is 0 Å². The zero-order valence-corrected chi connectivity index (χ0v) is 69.7. The Morgan fingerprint density at radius 3 is 1.00 bits per heavy atom. The molecule has 0 bridgehead atoms. The summed E-state index contributed by atoms with van der Waals surface area (Å²) in [5.74, 6) is -2.42. The third-order valence-electron chi connectivity index (χ3n) is 15.4. The molecule has 3 heterocycles. The predicted octanol–water partition coefficient (Wildman–Crippen LogP) is 11.1. The van der Waals surface area contributed by atoms with Crippen molar-refractivity contribution in [2.45, 2.75) is 119 Å². The maximum atomic E-state index is 13.2. The number of amides is 6. The van der Waals surface area contributed by atoms with Crippen LogP contribution < -0.4 is 9.81 Å². The standard InChI is InChI=1S/C18H15AtF6N2O4.C18H15F6IN2O4.C10H7AtF6O.C10H7F6IO.C9H7AtN4/c1-26(13(28)6-7-27-14(29)4-5-15(27)30)9-10-2-3-12(19)11(8-10)16(31,17(20,21)22)18(23,24)25;1-26(13(28)6-7-27-14(29)4-5-15(27)30)9-10-2-3-12(25)11(8-10)16(31,17(19,20)21)18(22,23)24;1-5-2-3-7(11)6(4-5)8(18,9(12,13)14)10(15,16)17;1-5-2-3-7(17)6(4-5)8(18,9(11,12)13)10(14,15)16;1-6-11-13-9(14-12-6)7-2-4-8(10)5-3-7/h2*2-5,8,31H,6-7,9H2,1H3;2*2-4,18H,1H3;2-5H,1H3/i19+1;25-2;11+1;17-2;10+1. The molecule has 0 fully saturated rings. The molecule has 18 nitrogen and oxygen atoms in total. The second-order valence-corrected chi connectivity index (χ2v) is 30.7. The molecule has 4 N–H and O–H groups in total. The van der Waals surface area contributed by atoms with Crippen LogP contribution in [0.1, 0.15) is 63.2 Å². The third-order valence-corrected chi connectivity index (χ3v) is 20.8. The fraction of sp³-hybridized carbons (Fsp3) is 0.354. The number of aromatic nitrogens is 4. The number of nitrogens with zero attached hydrogens (tertiary/aromatic N) is 8. The molecule has 614 valence electrons. The molecule has 1 aromatic heterocycles. The van der Waals surface area contributed by atoms with E-state index in [4.69, 9.17) is 0 Å². The molecule has 0 aliphatic carbocycles. The van der Waals surface area contributed by atoms with Gasteiger partial charge in [0.05, 0.1) is 0 Å². The first-order chi connectivity index (χ1) is 50.8. The first kappa shape index (κ1) is 98.4. The van der Waals surface area contributed by atoms with Gasteiger partial charge in [0, 0.05) is 57.0 Å². The van der Waals surface area contributed by atoms with E-state index in [0.29, 0.717) is 85.4 Å². The number of carbonyl (C=O) groups excluding carboxylic acids is 6. The number of aryl methyl sites for hydroxylation is 3. The van der Waals surface area contributed by atoms with Crippen LogP contribution >= 0.6 is 45.2 Å². The molecule has 5 aromatic carbocycles. The topological polar surface area (TPSA) is 248 Å². The Labute approximate surface area is 689 Å². The molecule has 2 aliphatic rings. The van der Waals surface area contributed by atoms with Crippen LogP contribution in [-0.4, -0.2) is 172 Å². The van der Waals surface area contributed by atoms with E-state index < -0.39 is 133 Å². The number of benzene rings is 5. The number of aliphatic hydroxyl groups is 4. The van der Waals surface area contributed by atoms with Crippen molar-refractivity contribution in [1.29, 1.82) is 0 Å². The first-order valence-electron chi connectivity index (χ1n) is 30.2. The van der Waals surface area contributed by atoms with Crippen LogP contribution in [0.5, 0.6) is 0 Å².